The SMILES string of the molecule is O=C(NC(=S)Nc1ccc(C(F)(c2ccc(NC(=S)NC(=O)c3ccccc3)cc2)C(F)(F)C(F)(F)F)cc1)c1ccccc1. The van der Waals surface area contributed by atoms with Crippen molar-refractivity contribution in [2.75, 3.05) is 10.6 Å². The van der Waals surface area contributed by atoms with Crippen molar-refractivity contribution in [1.29, 1.82) is 0 Å². The highest BCUT2D eigenvalue weighted by atomic mass is 32.1. The molecule has 0 spiro atoms. The van der Waals surface area contributed by atoms with Crippen LogP contribution in [0.4, 0.5) is 37.7 Å². The number of rotatable bonds is 7. The Morgan fingerprint density at radius 3 is 1.16 bits per heavy atom. The Hall–Kier alpha value is -4.82. The van der Waals surface area contributed by atoms with E-state index < -0.39 is 40.7 Å². The number of halogens is 6. The fourth-order valence-corrected chi connectivity index (χ4v) is 4.57. The van der Waals surface area contributed by atoms with E-state index in [4.69, 9.17) is 24.4 Å². The van der Waals surface area contributed by atoms with Gasteiger partial charge in [-0.3, -0.25) is 20.2 Å². The number of carbonyl (C=O) groups is 2. The van der Waals surface area contributed by atoms with Gasteiger partial charge in [-0.2, -0.15) is 22.0 Å². The predicted octanol–water partition coefficient (Wildman–Crippen LogP) is 7.35. The molecule has 4 N–H and O–H groups in total. The predicted molar refractivity (Wildman–Crippen MR) is 166 cm³/mol. The van der Waals surface area contributed by atoms with Crippen LogP contribution in [0.15, 0.2) is 109 Å². The van der Waals surface area contributed by atoms with Gasteiger partial charge < -0.3 is 10.6 Å². The fraction of sp³-hybridized carbons (Fsp3) is 0.0968. The van der Waals surface area contributed by atoms with Gasteiger partial charge in [0, 0.05) is 33.6 Å². The molecule has 4 aromatic rings. The second-order valence-electron chi connectivity index (χ2n) is 9.43. The van der Waals surface area contributed by atoms with Crippen molar-refractivity contribution in [1.82, 2.24) is 10.6 Å². The first-order chi connectivity index (χ1) is 21.2. The van der Waals surface area contributed by atoms with Gasteiger partial charge in [0.1, 0.15) is 0 Å². The quantitative estimate of drug-likeness (QED) is 0.123. The topological polar surface area (TPSA) is 82.3 Å². The van der Waals surface area contributed by atoms with Crippen LogP contribution in [0.2, 0.25) is 0 Å². The van der Waals surface area contributed by atoms with Gasteiger partial charge in [0.05, 0.1) is 0 Å². The maximum atomic E-state index is 16.4. The van der Waals surface area contributed by atoms with E-state index in [1.807, 2.05) is 0 Å². The lowest BCUT2D eigenvalue weighted by atomic mass is 9.82. The summed E-state index contributed by atoms with van der Waals surface area (Å²) in [5.41, 5.74) is -5.59. The first-order valence-corrected chi connectivity index (χ1v) is 13.7. The molecule has 45 heavy (non-hydrogen) atoms. The molecule has 0 aliphatic rings. The molecule has 2 amide bonds. The lowest BCUT2D eigenvalue weighted by Crippen LogP contribution is -2.53. The number of benzene rings is 4. The standard InChI is InChI=1S/C31H22F6N4O2S2/c32-29(30(33,34)31(35,36)37,21-11-15-23(16-12-21)38-27(44)40-25(42)19-7-3-1-4-8-19)22-13-17-24(18-14-22)39-28(45)41-26(43)20-9-5-2-6-10-20/h1-18H,(H2,38,40,42,44)(H2,39,41,43,45). The van der Waals surface area contributed by atoms with Crippen LogP contribution in [0, 0.1) is 0 Å². The molecule has 0 unspecified atom stereocenters. The normalized spacial score (nSPS) is 11.7. The molecule has 0 aliphatic carbocycles. The van der Waals surface area contributed by atoms with Crippen LogP contribution in [-0.2, 0) is 5.67 Å². The Morgan fingerprint density at radius 1 is 0.511 bits per heavy atom. The van der Waals surface area contributed by atoms with E-state index in [9.17, 15) is 31.5 Å². The van der Waals surface area contributed by atoms with Gasteiger partial charge in [-0.1, -0.05) is 60.7 Å². The zero-order valence-electron chi connectivity index (χ0n) is 22.8. The minimum absolute atomic E-state index is 0.0837. The number of amides is 2. The van der Waals surface area contributed by atoms with Gasteiger partial charge in [-0.15, -0.1) is 0 Å². The van der Waals surface area contributed by atoms with Gasteiger partial charge in [-0.25, -0.2) is 4.39 Å². The third-order valence-corrected chi connectivity index (χ3v) is 6.80. The van der Waals surface area contributed by atoms with Crippen molar-refractivity contribution in [3.05, 3.63) is 131 Å². The van der Waals surface area contributed by atoms with Crippen LogP contribution in [0.3, 0.4) is 0 Å². The fourth-order valence-electron chi connectivity index (χ4n) is 4.15. The number of carbonyl (C=O) groups excluding carboxylic acids is 2. The minimum Gasteiger partial charge on any atom is -0.332 e. The molecule has 0 fully saturated rings. The molecule has 4 rings (SSSR count). The Kier molecular flexibility index (Phi) is 9.88. The Bertz CT molecular complexity index is 1570. The van der Waals surface area contributed by atoms with E-state index in [0.29, 0.717) is 11.1 Å². The summed E-state index contributed by atoms with van der Waals surface area (Å²) in [6, 6.07) is 23.3. The number of alkyl halides is 6. The Morgan fingerprint density at radius 2 is 0.844 bits per heavy atom. The van der Waals surface area contributed by atoms with E-state index in [0.717, 1.165) is 48.5 Å². The molecule has 0 aliphatic heterocycles. The summed E-state index contributed by atoms with van der Waals surface area (Å²) >= 11 is 10.1. The van der Waals surface area contributed by atoms with Gasteiger partial charge in [0.25, 0.3) is 11.8 Å². The largest absolute Gasteiger partial charge is 0.457 e. The number of thiocarbonyl (C=S) groups is 2. The third kappa shape index (κ3) is 7.46. The Balaban J connectivity index is 1.53. The molecule has 0 heterocycles. The van der Waals surface area contributed by atoms with Gasteiger partial charge >= 0.3 is 12.1 Å². The molecule has 0 atom stereocenters. The number of hydrogen-bond acceptors (Lipinski definition) is 4. The smallest absolute Gasteiger partial charge is 0.332 e. The van der Waals surface area contributed by atoms with E-state index in [1.54, 1.807) is 36.4 Å². The first kappa shape index (κ1) is 33.1. The lowest BCUT2D eigenvalue weighted by molar-refractivity contribution is -0.323. The number of hydrogen-bond donors (Lipinski definition) is 4. The van der Waals surface area contributed by atoms with Crippen LogP contribution < -0.4 is 21.3 Å². The summed E-state index contributed by atoms with van der Waals surface area (Å²) in [5, 5.41) is 9.61. The summed E-state index contributed by atoms with van der Waals surface area (Å²) in [4.78, 5) is 24.5. The van der Waals surface area contributed by atoms with Crippen LogP contribution in [0.5, 0.6) is 0 Å². The van der Waals surface area contributed by atoms with Crippen LogP contribution in [0.1, 0.15) is 31.8 Å². The van der Waals surface area contributed by atoms with E-state index in [1.165, 1.54) is 24.3 Å². The number of nitrogens with one attached hydrogen (secondary N) is 4. The highest BCUT2D eigenvalue weighted by Crippen LogP contribution is 2.54. The van der Waals surface area contributed by atoms with E-state index >= 15 is 4.39 Å². The molecule has 0 bridgehead atoms. The highest BCUT2D eigenvalue weighted by Gasteiger charge is 2.72. The molecule has 0 aromatic heterocycles. The molecule has 0 saturated heterocycles. The second kappa shape index (κ2) is 13.4. The third-order valence-electron chi connectivity index (χ3n) is 6.40. The average Bonchev–Trinajstić information content (AvgIpc) is 3.01. The Labute approximate surface area is 263 Å². The zero-order chi connectivity index (χ0) is 32.8. The average molecular weight is 661 g/mol. The van der Waals surface area contributed by atoms with Crippen LogP contribution in [-0.4, -0.2) is 34.1 Å². The maximum absolute atomic E-state index is 16.4. The first-order valence-electron chi connectivity index (χ1n) is 12.9. The van der Waals surface area contributed by atoms with Crippen molar-refractivity contribution < 1.29 is 35.9 Å². The molecule has 14 heteroatoms. The monoisotopic (exact) mass is 660 g/mol. The molecule has 0 radical (unpaired) electrons. The molecule has 6 nitrogen and oxygen atoms in total. The van der Waals surface area contributed by atoms with E-state index in [-0.39, 0.29) is 21.6 Å². The van der Waals surface area contributed by atoms with Crippen LogP contribution >= 0.6 is 24.4 Å². The van der Waals surface area contributed by atoms with Gasteiger partial charge in [0.2, 0.25) is 5.67 Å². The van der Waals surface area contributed by atoms with Crippen LogP contribution in [0.25, 0.3) is 0 Å². The maximum Gasteiger partial charge on any atom is 0.457 e. The highest BCUT2D eigenvalue weighted by molar-refractivity contribution is 7.80. The van der Waals surface area contributed by atoms with E-state index in [2.05, 4.69) is 21.3 Å². The van der Waals surface area contributed by atoms with Crippen molar-refractivity contribution in [2.45, 2.75) is 17.8 Å². The molecule has 0 saturated carbocycles. The summed E-state index contributed by atoms with van der Waals surface area (Å²) in [7, 11) is 0. The summed E-state index contributed by atoms with van der Waals surface area (Å²) in [6.07, 6.45) is -6.26. The second-order valence-corrected chi connectivity index (χ2v) is 10.3. The minimum atomic E-state index is -6.26. The molecular weight excluding hydrogens is 638 g/mol. The van der Waals surface area contributed by atoms with Crippen molar-refractivity contribution >= 4 is 57.8 Å². The van der Waals surface area contributed by atoms with Gasteiger partial charge in [-0.05, 0) is 73.0 Å². The van der Waals surface area contributed by atoms with Crippen molar-refractivity contribution in [2.24, 2.45) is 0 Å². The molecule has 4 aromatic carbocycles. The van der Waals surface area contributed by atoms with Gasteiger partial charge in [0.15, 0.2) is 10.2 Å². The zero-order valence-corrected chi connectivity index (χ0v) is 24.4. The summed E-state index contributed by atoms with van der Waals surface area (Å²) in [6.45, 7) is 0. The van der Waals surface area contributed by atoms with Crippen molar-refractivity contribution in [3.8, 4) is 0 Å². The number of anilines is 2. The lowest BCUT2D eigenvalue weighted by Gasteiger charge is -2.35. The molecule has 232 valence electrons. The summed E-state index contributed by atoms with van der Waals surface area (Å²) in [5.74, 6) is -6.95. The molecular formula is C31H22F6N4O2S2. The summed E-state index contributed by atoms with van der Waals surface area (Å²) < 4.78 is 87.0. The van der Waals surface area contributed by atoms with Crippen molar-refractivity contribution in [3.63, 3.8) is 0 Å².